The van der Waals surface area contributed by atoms with E-state index >= 15 is 0 Å². The Morgan fingerprint density at radius 2 is 2.21 bits per heavy atom. The van der Waals surface area contributed by atoms with Gasteiger partial charge in [0.05, 0.1) is 12.1 Å². The lowest BCUT2D eigenvalue weighted by molar-refractivity contribution is 0.0159. The van der Waals surface area contributed by atoms with Crippen molar-refractivity contribution in [2.45, 2.75) is 58.7 Å². The number of hydrogen-bond acceptors (Lipinski definition) is 3. The lowest BCUT2D eigenvalue weighted by Gasteiger charge is -2.28. The summed E-state index contributed by atoms with van der Waals surface area (Å²) in [5.41, 5.74) is 0. The molecule has 1 aliphatic carbocycles. The molecule has 0 bridgehead atoms. The maximum Gasteiger partial charge on any atom is 0.128 e. The van der Waals surface area contributed by atoms with E-state index in [1.165, 1.54) is 12.8 Å². The standard InChI is InChI=1S/C15H27N3O/c1-4-10-18-11-9-17-15(18)13(16-5-2)14(19-6-3)12-7-8-12/h9,11-14,16H,4-8,10H2,1-3H3. The molecule has 0 spiro atoms. The van der Waals surface area contributed by atoms with E-state index in [0.717, 1.165) is 31.9 Å². The molecule has 1 aliphatic rings. The first-order chi connectivity index (χ1) is 9.31. The third kappa shape index (κ3) is 3.57. The van der Waals surface area contributed by atoms with Gasteiger partial charge < -0.3 is 14.6 Å². The summed E-state index contributed by atoms with van der Waals surface area (Å²) < 4.78 is 8.29. The van der Waals surface area contributed by atoms with Crippen molar-refractivity contribution < 1.29 is 4.74 Å². The van der Waals surface area contributed by atoms with Gasteiger partial charge in [0.2, 0.25) is 0 Å². The van der Waals surface area contributed by atoms with Crippen LogP contribution in [-0.2, 0) is 11.3 Å². The topological polar surface area (TPSA) is 39.1 Å². The number of ether oxygens (including phenoxy) is 1. The second-order valence-electron chi connectivity index (χ2n) is 5.27. The molecule has 1 aromatic heterocycles. The smallest absolute Gasteiger partial charge is 0.128 e. The summed E-state index contributed by atoms with van der Waals surface area (Å²) in [7, 11) is 0. The lowest BCUT2D eigenvalue weighted by Crippen LogP contribution is -2.37. The molecule has 0 aromatic carbocycles. The highest BCUT2D eigenvalue weighted by Gasteiger charge is 2.39. The van der Waals surface area contributed by atoms with E-state index in [1.807, 2.05) is 6.20 Å². The second kappa shape index (κ2) is 7.06. The van der Waals surface area contributed by atoms with Crippen LogP contribution in [0.5, 0.6) is 0 Å². The molecule has 1 aromatic rings. The van der Waals surface area contributed by atoms with Crippen LogP contribution in [0, 0.1) is 5.92 Å². The predicted octanol–water partition coefficient (Wildman–Crippen LogP) is 2.76. The van der Waals surface area contributed by atoms with Crippen molar-refractivity contribution in [2.75, 3.05) is 13.2 Å². The third-order valence-electron chi connectivity index (χ3n) is 3.69. The summed E-state index contributed by atoms with van der Waals surface area (Å²) in [5.74, 6) is 1.84. The average molecular weight is 265 g/mol. The number of nitrogens with zero attached hydrogens (tertiary/aromatic N) is 2. The van der Waals surface area contributed by atoms with Gasteiger partial charge in [-0.3, -0.25) is 0 Å². The van der Waals surface area contributed by atoms with Gasteiger partial charge in [-0.05, 0) is 38.6 Å². The molecule has 0 amide bonds. The first-order valence-corrected chi connectivity index (χ1v) is 7.67. The fourth-order valence-electron chi connectivity index (χ4n) is 2.73. The minimum atomic E-state index is 0.221. The molecule has 2 atom stereocenters. The van der Waals surface area contributed by atoms with Gasteiger partial charge in [0.25, 0.3) is 0 Å². The molecule has 2 unspecified atom stereocenters. The SMILES string of the molecule is CCCn1ccnc1C(NCC)C(OCC)C1CC1. The van der Waals surface area contributed by atoms with Crippen LogP contribution in [0.25, 0.3) is 0 Å². The summed E-state index contributed by atoms with van der Waals surface area (Å²) in [5, 5.41) is 3.58. The van der Waals surface area contributed by atoms with Crippen LogP contribution in [0.15, 0.2) is 12.4 Å². The molecule has 0 saturated heterocycles. The van der Waals surface area contributed by atoms with Gasteiger partial charge in [0, 0.05) is 25.5 Å². The number of aryl methyl sites for hydroxylation is 1. The van der Waals surface area contributed by atoms with Crippen LogP contribution in [0.3, 0.4) is 0 Å². The number of aromatic nitrogens is 2. The monoisotopic (exact) mass is 265 g/mol. The molecule has 1 fully saturated rings. The normalized spacial score (nSPS) is 18.5. The van der Waals surface area contributed by atoms with Crippen LogP contribution >= 0.6 is 0 Å². The molecule has 0 aliphatic heterocycles. The summed E-state index contributed by atoms with van der Waals surface area (Å²) in [6.45, 7) is 9.18. The van der Waals surface area contributed by atoms with Gasteiger partial charge in [0.1, 0.15) is 5.82 Å². The number of likely N-dealkylation sites (N-methyl/N-ethyl adjacent to an activating group) is 1. The van der Waals surface area contributed by atoms with Crippen molar-refractivity contribution in [3.8, 4) is 0 Å². The Bertz CT molecular complexity index is 373. The van der Waals surface area contributed by atoms with Crippen molar-refractivity contribution in [3.63, 3.8) is 0 Å². The van der Waals surface area contributed by atoms with Crippen molar-refractivity contribution >= 4 is 0 Å². The van der Waals surface area contributed by atoms with Gasteiger partial charge in [-0.15, -0.1) is 0 Å². The van der Waals surface area contributed by atoms with Crippen molar-refractivity contribution in [1.29, 1.82) is 0 Å². The van der Waals surface area contributed by atoms with Gasteiger partial charge >= 0.3 is 0 Å². The molecule has 4 nitrogen and oxygen atoms in total. The number of nitrogens with one attached hydrogen (secondary N) is 1. The average Bonchev–Trinajstić information content (AvgIpc) is 3.15. The number of imidazole rings is 1. The van der Waals surface area contributed by atoms with Crippen molar-refractivity contribution in [2.24, 2.45) is 5.92 Å². The maximum absolute atomic E-state index is 6.02. The highest BCUT2D eigenvalue weighted by Crippen LogP contribution is 2.39. The van der Waals surface area contributed by atoms with E-state index in [0.29, 0.717) is 5.92 Å². The van der Waals surface area contributed by atoms with E-state index in [9.17, 15) is 0 Å². The van der Waals surface area contributed by atoms with Crippen LogP contribution in [-0.4, -0.2) is 28.8 Å². The van der Waals surface area contributed by atoms with Gasteiger partial charge in [0.15, 0.2) is 0 Å². The summed E-state index contributed by atoms with van der Waals surface area (Å²) in [4.78, 5) is 4.59. The zero-order chi connectivity index (χ0) is 13.7. The van der Waals surface area contributed by atoms with Crippen molar-refractivity contribution in [1.82, 2.24) is 14.9 Å². The Morgan fingerprint density at radius 1 is 1.42 bits per heavy atom. The summed E-state index contributed by atoms with van der Waals surface area (Å²) >= 11 is 0. The minimum Gasteiger partial charge on any atom is -0.376 e. The summed E-state index contributed by atoms with van der Waals surface area (Å²) in [6, 6.07) is 0.221. The summed E-state index contributed by atoms with van der Waals surface area (Å²) in [6.07, 6.45) is 7.97. The van der Waals surface area contributed by atoms with E-state index in [4.69, 9.17) is 4.74 Å². The van der Waals surface area contributed by atoms with Gasteiger partial charge in [-0.2, -0.15) is 0 Å². The van der Waals surface area contributed by atoms with E-state index < -0.39 is 0 Å². The highest BCUT2D eigenvalue weighted by atomic mass is 16.5. The van der Waals surface area contributed by atoms with E-state index in [-0.39, 0.29) is 12.1 Å². The maximum atomic E-state index is 6.02. The Morgan fingerprint density at radius 3 is 2.79 bits per heavy atom. The van der Waals surface area contributed by atoms with Crippen LogP contribution < -0.4 is 5.32 Å². The van der Waals surface area contributed by atoms with Gasteiger partial charge in [-0.1, -0.05) is 13.8 Å². The molecule has 4 heteroatoms. The fraction of sp³-hybridized carbons (Fsp3) is 0.800. The zero-order valence-electron chi connectivity index (χ0n) is 12.4. The number of hydrogen-bond donors (Lipinski definition) is 1. The first kappa shape index (κ1) is 14.5. The Hall–Kier alpha value is -0.870. The molecule has 0 radical (unpaired) electrons. The molecule has 1 saturated carbocycles. The molecule has 19 heavy (non-hydrogen) atoms. The molecule has 108 valence electrons. The van der Waals surface area contributed by atoms with Crippen LogP contribution in [0.2, 0.25) is 0 Å². The molecular weight excluding hydrogens is 238 g/mol. The molecular formula is C15H27N3O. The van der Waals surface area contributed by atoms with Gasteiger partial charge in [-0.25, -0.2) is 4.98 Å². The molecule has 1 N–H and O–H groups in total. The lowest BCUT2D eigenvalue weighted by atomic mass is 10.1. The van der Waals surface area contributed by atoms with Crippen molar-refractivity contribution in [3.05, 3.63) is 18.2 Å². The Balaban J connectivity index is 2.19. The quantitative estimate of drug-likeness (QED) is 0.746. The van der Waals surface area contributed by atoms with E-state index in [2.05, 4.69) is 41.8 Å². The van der Waals surface area contributed by atoms with E-state index in [1.54, 1.807) is 0 Å². The van der Waals surface area contributed by atoms with Crippen LogP contribution in [0.4, 0.5) is 0 Å². The van der Waals surface area contributed by atoms with Crippen LogP contribution in [0.1, 0.15) is 51.9 Å². The molecule has 2 rings (SSSR count). The number of rotatable bonds is 9. The minimum absolute atomic E-state index is 0.221. The third-order valence-corrected chi connectivity index (χ3v) is 3.69. The fourth-order valence-corrected chi connectivity index (χ4v) is 2.73. The highest BCUT2D eigenvalue weighted by molar-refractivity contribution is 5.05. The predicted molar refractivity (Wildman–Crippen MR) is 77.1 cm³/mol. The Kier molecular flexibility index (Phi) is 5.40. The Labute approximate surface area is 116 Å². The largest absolute Gasteiger partial charge is 0.376 e. The molecule has 1 heterocycles. The zero-order valence-corrected chi connectivity index (χ0v) is 12.4. The second-order valence-corrected chi connectivity index (χ2v) is 5.27. The first-order valence-electron chi connectivity index (χ1n) is 7.67.